The largest absolute Gasteiger partial charge is 0.388 e. The molecule has 0 saturated heterocycles. The Morgan fingerprint density at radius 3 is 2.65 bits per heavy atom. The molecule has 0 aliphatic rings. The van der Waals surface area contributed by atoms with Gasteiger partial charge in [-0.2, -0.15) is 0 Å². The summed E-state index contributed by atoms with van der Waals surface area (Å²) in [5, 5.41) is 9.89. The average molecular weight is 250 g/mol. The second-order valence-electron chi connectivity index (χ2n) is 3.80. The van der Waals surface area contributed by atoms with Gasteiger partial charge in [0.1, 0.15) is 0 Å². The molecular formula is C14H18O2S. The Kier molecular flexibility index (Phi) is 6.01. The predicted molar refractivity (Wildman–Crippen MR) is 73.8 cm³/mol. The van der Waals surface area contributed by atoms with Gasteiger partial charge in [-0.3, -0.25) is 4.79 Å². The molecule has 0 saturated carbocycles. The number of carbonyl (C=O) groups is 1. The van der Waals surface area contributed by atoms with E-state index in [9.17, 15) is 9.90 Å². The van der Waals surface area contributed by atoms with E-state index in [1.165, 1.54) is 11.8 Å². The first-order chi connectivity index (χ1) is 8.15. The van der Waals surface area contributed by atoms with Crippen LogP contribution in [0.15, 0.2) is 36.4 Å². The first kappa shape index (κ1) is 14.0. The Hall–Kier alpha value is -1.06. The Balaban J connectivity index is 2.57. The molecule has 0 amide bonds. The average Bonchev–Trinajstić information content (AvgIpc) is 2.36. The third-order valence-corrected chi connectivity index (χ3v) is 3.40. The molecule has 0 heterocycles. The fraction of sp³-hybridized carbons (Fsp3) is 0.357. The monoisotopic (exact) mass is 250 g/mol. The number of aliphatic hydroxyl groups excluding tert-OH is 1. The van der Waals surface area contributed by atoms with Crippen LogP contribution in [0.25, 0.3) is 6.08 Å². The first-order valence-electron chi connectivity index (χ1n) is 5.73. The molecule has 0 spiro atoms. The quantitative estimate of drug-likeness (QED) is 0.873. The van der Waals surface area contributed by atoms with Crippen LogP contribution in [-0.2, 0) is 4.79 Å². The van der Waals surface area contributed by atoms with Crippen LogP contribution in [0.4, 0.5) is 0 Å². The van der Waals surface area contributed by atoms with E-state index in [4.69, 9.17) is 0 Å². The first-order valence-corrected chi connectivity index (χ1v) is 6.71. The Morgan fingerprint density at radius 1 is 1.41 bits per heavy atom. The fourth-order valence-electron chi connectivity index (χ4n) is 1.35. The summed E-state index contributed by atoms with van der Waals surface area (Å²) in [6.07, 6.45) is 2.79. The smallest absolute Gasteiger partial charge is 0.194 e. The summed E-state index contributed by atoms with van der Waals surface area (Å²) in [4.78, 5) is 11.6. The van der Waals surface area contributed by atoms with Gasteiger partial charge in [-0.1, -0.05) is 68.1 Å². The Morgan fingerprint density at radius 2 is 2.06 bits per heavy atom. The highest BCUT2D eigenvalue weighted by Crippen LogP contribution is 2.16. The predicted octanol–water partition coefficient (Wildman–Crippen LogP) is 2.98. The summed E-state index contributed by atoms with van der Waals surface area (Å²) in [5.74, 6) is 0.387. The molecule has 0 aromatic heterocycles. The van der Waals surface area contributed by atoms with Crippen LogP contribution in [0.5, 0.6) is 0 Å². The lowest BCUT2D eigenvalue weighted by Gasteiger charge is -2.13. The Labute approximate surface area is 107 Å². The lowest BCUT2D eigenvalue weighted by atomic mass is 10.1. The highest BCUT2D eigenvalue weighted by molar-refractivity contribution is 8.13. The number of carbonyl (C=O) groups excluding carboxylic acids is 1. The van der Waals surface area contributed by atoms with Crippen molar-refractivity contribution in [3.63, 3.8) is 0 Å². The SMILES string of the molecule is CCSC(=O)[C@@H](C)[C@H](O)/C=C/c1ccccc1. The van der Waals surface area contributed by atoms with Crippen LogP contribution >= 0.6 is 11.8 Å². The Bertz CT molecular complexity index is 373. The van der Waals surface area contributed by atoms with E-state index in [1.54, 1.807) is 13.0 Å². The zero-order valence-corrected chi connectivity index (χ0v) is 11.0. The topological polar surface area (TPSA) is 37.3 Å². The maximum Gasteiger partial charge on any atom is 0.194 e. The summed E-state index contributed by atoms with van der Waals surface area (Å²) in [5.41, 5.74) is 1.02. The third kappa shape index (κ3) is 4.75. The van der Waals surface area contributed by atoms with E-state index in [2.05, 4.69) is 0 Å². The molecule has 0 aliphatic carbocycles. The molecule has 92 valence electrons. The van der Waals surface area contributed by atoms with Gasteiger partial charge in [0.05, 0.1) is 12.0 Å². The summed E-state index contributed by atoms with van der Waals surface area (Å²) >= 11 is 1.26. The van der Waals surface area contributed by atoms with Crippen LogP contribution in [-0.4, -0.2) is 22.1 Å². The van der Waals surface area contributed by atoms with Crippen molar-refractivity contribution < 1.29 is 9.90 Å². The molecule has 1 N–H and O–H groups in total. The van der Waals surface area contributed by atoms with E-state index in [1.807, 2.05) is 43.3 Å². The number of aliphatic hydroxyl groups is 1. The van der Waals surface area contributed by atoms with E-state index < -0.39 is 6.10 Å². The van der Waals surface area contributed by atoms with Gasteiger partial charge >= 0.3 is 0 Å². The number of rotatable bonds is 5. The lowest BCUT2D eigenvalue weighted by Crippen LogP contribution is -2.21. The molecule has 1 aromatic rings. The minimum absolute atomic E-state index is 0.0395. The maximum absolute atomic E-state index is 11.6. The van der Waals surface area contributed by atoms with E-state index in [0.29, 0.717) is 0 Å². The number of benzene rings is 1. The van der Waals surface area contributed by atoms with Crippen molar-refractivity contribution >= 4 is 23.0 Å². The van der Waals surface area contributed by atoms with Gasteiger partial charge in [0.25, 0.3) is 0 Å². The summed E-state index contributed by atoms with van der Waals surface area (Å²) in [6, 6.07) is 9.73. The molecule has 1 aromatic carbocycles. The second-order valence-corrected chi connectivity index (χ2v) is 5.07. The molecule has 17 heavy (non-hydrogen) atoms. The van der Waals surface area contributed by atoms with E-state index in [0.717, 1.165) is 11.3 Å². The zero-order valence-electron chi connectivity index (χ0n) is 10.2. The lowest BCUT2D eigenvalue weighted by molar-refractivity contribution is -0.116. The van der Waals surface area contributed by atoms with Crippen molar-refractivity contribution in [2.75, 3.05) is 5.75 Å². The molecule has 0 fully saturated rings. The molecular weight excluding hydrogens is 232 g/mol. The zero-order chi connectivity index (χ0) is 12.7. The highest BCUT2D eigenvalue weighted by Gasteiger charge is 2.19. The van der Waals surface area contributed by atoms with Crippen molar-refractivity contribution in [1.29, 1.82) is 0 Å². The van der Waals surface area contributed by atoms with Crippen LogP contribution in [0.3, 0.4) is 0 Å². The molecule has 0 aliphatic heterocycles. The molecule has 2 atom stereocenters. The van der Waals surface area contributed by atoms with Crippen molar-refractivity contribution in [2.24, 2.45) is 5.92 Å². The third-order valence-electron chi connectivity index (χ3n) is 2.46. The normalized spacial score (nSPS) is 14.8. The van der Waals surface area contributed by atoms with Gasteiger partial charge < -0.3 is 5.11 Å². The van der Waals surface area contributed by atoms with Gasteiger partial charge in [-0.15, -0.1) is 0 Å². The molecule has 1 rings (SSSR count). The van der Waals surface area contributed by atoms with Crippen molar-refractivity contribution in [2.45, 2.75) is 20.0 Å². The number of thioether (sulfide) groups is 1. The van der Waals surface area contributed by atoms with Crippen molar-refractivity contribution in [3.05, 3.63) is 42.0 Å². The van der Waals surface area contributed by atoms with Crippen LogP contribution in [0, 0.1) is 5.92 Å². The van der Waals surface area contributed by atoms with Gasteiger partial charge in [0, 0.05) is 0 Å². The van der Waals surface area contributed by atoms with Crippen LogP contribution in [0.1, 0.15) is 19.4 Å². The van der Waals surface area contributed by atoms with Crippen LogP contribution in [0.2, 0.25) is 0 Å². The molecule has 0 radical (unpaired) electrons. The van der Waals surface area contributed by atoms with Gasteiger partial charge in [-0.25, -0.2) is 0 Å². The fourth-order valence-corrected chi connectivity index (χ4v) is 2.04. The van der Waals surface area contributed by atoms with Crippen LogP contribution < -0.4 is 0 Å². The van der Waals surface area contributed by atoms with E-state index in [-0.39, 0.29) is 11.0 Å². The van der Waals surface area contributed by atoms with Crippen molar-refractivity contribution in [1.82, 2.24) is 0 Å². The van der Waals surface area contributed by atoms with E-state index >= 15 is 0 Å². The second kappa shape index (κ2) is 7.30. The molecule has 3 heteroatoms. The minimum Gasteiger partial charge on any atom is -0.388 e. The highest BCUT2D eigenvalue weighted by atomic mass is 32.2. The maximum atomic E-state index is 11.6. The van der Waals surface area contributed by atoms with Gasteiger partial charge in [0.2, 0.25) is 0 Å². The summed E-state index contributed by atoms with van der Waals surface area (Å²) < 4.78 is 0. The van der Waals surface area contributed by atoms with Gasteiger partial charge in [0.15, 0.2) is 5.12 Å². The molecule has 2 nitrogen and oxygen atoms in total. The summed E-state index contributed by atoms with van der Waals surface area (Å²) in [7, 11) is 0. The van der Waals surface area contributed by atoms with Crippen molar-refractivity contribution in [3.8, 4) is 0 Å². The number of hydrogen-bond donors (Lipinski definition) is 1. The number of hydrogen-bond acceptors (Lipinski definition) is 3. The van der Waals surface area contributed by atoms with Gasteiger partial charge in [-0.05, 0) is 11.3 Å². The summed E-state index contributed by atoms with van der Waals surface area (Å²) in [6.45, 7) is 3.69. The standard InChI is InChI=1S/C14H18O2S/c1-3-17-14(16)11(2)13(15)10-9-12-7-5-4-6-8-12/h4-11,13,15H,3H2,1-2H3/b10-9+/t11-,13+/m0/s1. The molecule has 0 unspecified atom stereocenters. The molecule has 0 bridgehead atoms. The minimum atomic E-state index is -0.721.